The van der Waals surface area contributed by atoms with Crippen molar-refractivity contribution in [2.24, 2.45) is 0 Å². The molecule has 0 amide bonds. The molecule has 0 fully saturated rings. The molecular formula is C10H13N3S. The summed E-state index contributed by atoms with van der Waals surface area (Å²) in [6.45, 7) is 7.27. The zero-order chi connectivity index (χ0) is 10.1. The highest BCUT2D eigenvalue weighted by molar-refractivity contribution is 7.15. The Labute approximate surface area is 87.4 Å². The third kappa shape index (κ3) is 1.46. The average Bonchev–Trinajstić information content (AvgIpc) is 2.73. The van der Waals surface area contributed by atoms with Crippen molar-refractivity contribution in [2.75, 3.05) is 0 Å². The van der Waals surface area contributed by atoms with Gasteiger partial charge in [0.25, 0.3) is 0 Å². The SMILES string of the molecule is CCn1cnnc1-c1cc(C)c(C)s1. The second kappa shape index (κ2) is 3.53. The summed E-state index contributed by atoms with van der Waals surface area (Å²) in [7, 11) is 0. The molecule has 0 aliphatic rings. The summed E-state index contributed by atoms with van der Waals surface area (Å²) in [4.78, 5) is 2.56. The van der Waals surface area contributed by atoms with Crippen molar-refractivity contribution < 1.29 is 0 Å². The van der Waals surface area contributed by atoms with Crippen LogP contribution >= 0.6 is 11.3 Å². The summed E-state index contributed by atoms with van der Waals surface area (Å²) < 4.78 is 2.06. The summed E-state index contributed by atoms with van der Waals surface area (Å²) in [5.41, 5.74) is 1.33. The largest absolute Gasteiger partial charge is 0.313 e. The van der Waals surface area contributed by atoms with Crippen LogP contribution in [0, 0.1) is 13.8 Å². The van der Waals surface area contributed by atoms with Gasteiger partial charge in [-0.1, -0.05) is 0 Å². The molecule has 0 saturated carbocycles. The van der Waals surface area contributed by atoms with Crippen LogP contribution in [-0.4, -0.2) is 14.8 Å². The Bertz CT molecular complexity index is 422. The van der Waals surface area contributed by atoms with E-state index in [0.29, 0.717) is 0 Å². The monoisotopic (exact) mass is 207 g/mol. The number of thiophene rings is 1. The lowest BCUT2D eigenvalue weighted by atomic mass is 10.3. The van der Waals surface area contributed by atoms with Crippen LogP contribution in [0.15, 0.2) is 12.4 Å². The zero-order valence-corrected chi connectivity index (χ0v) is 9.43. The predicted molar refractivity (Wildman–Crippen MR) is 58.5 cm³/mol. The third-order valence-electron chi connectivity index (χ3n) is 2.34. The second-order valence-corrected chi connectivity index (χ2v) is 4.55. The first-order valence-electron chi connectivity index (χ1n) is 4.67. The number of aryl methyl sites for hydroxylation is 3. The highest BCUT2D eigenvalue weighted by Gasteiger charge is 2.09. The van der Waals surface area contributed by atoms with Crippen LogP contribution < -0.4 is 0 Å². The van der Waals surface area contributed by atoms with E-state index in [9.17, 15) is 0 Å². The van der Waals surface area contributed by atoms with Gasteiger partial charge < -0.3 is 4.57 Å². The fourth-order valence-electron chi connectivity index (χ4n) is 1.36. The highest BCUT2D eigenvalue weighted by Crippen LogP contribution is 2.28. The van der Waals surface area contributed by atoms with E-state index in [4.69, 9.17) is 0 Å². The van der Waals surface area contributed by atoms with E-state index in [2.05, 4.69) is 41.6 Å². The van der Waals surface area contributed by atoms with Gasteiger partial charge in [0.2, 0.25) is 0 Å². The molecule has 0 atom stereocenters. The Hall–Kier alpha value is -1.16. The standard InChI is InChI=1S/C10H13N3S/c1-4-13-6-11-12-10(13)9-5-7(2)8(3)14-9/h5-6H,4H2,1-3H3. The van der Waals surface area contributed by atoms with Gasteiger partial charge in [-0.3, -0.25) is 0 Å². The van der Waals surface area contributed by atoms with Crippen LogP contribution in [0.25, 0.3) is 10.7 Å². The van der Waals surface area contributed by atoms with Crippen molar-refractivity contribution in [2.45, 2.75) is 27.3 Å². The maximum atomic E-state index is 4.14. The molecule has 2 rings (SSSR count). The van der Waals surface area contributed by atoms with Crippen LogP contribution in [0.5, 0.6) is 0 Å². The smallest absolute Gasteiger partial charge is 0.173 e. The quantitative estimate of drug-likeness (QED) is 0.758. The molecule has 0 radical (unpaired) electrons. The molecule has 0 spiro atoms. The van der Waals surface area contributed by atoms with E-state index in [1.165, 1.54) is 15.3 Å². The molecule has 2 aromatic heterocycles. The highest BCUT2D eigenvalue weighted by atomic mass is 32.1. The molecule has 0 aromatic carbocycles. The lowest BCUT2D eigenvalue weighted by Crippen LogP contribution is -1.94. The number of hydrogen-bond acceptors (Lipinski definition) is 3. The molecule has 4 heteroatoms. The van der Waals surface area contributed by atoms with Crippen molar-refractivity contribution in [1.29, 1.82) is 0 Å². The minimum atomic E-state index is 0.915. The summed E-state index contributed by atoms with van der Waals surface area (Å²) in [6, 6.07) is 2.18. The molecule has 0 bridgehead atoms. The van der Waals surface area contributed by atoms with Gasteiger partial charge in [0.1, 0.15) is 6.33 Å². The molecule has 0 N–H and O–H groups in total. The molecule has 74 valence electrons. The first kappa shape index (κ1) is 9.40. The summed E-state index contributed by atoms with van der Waals surface area (Å²) >= 11 is 1.78. The van der Waals surface area contributed by atoms with Crippen molar-refractivity contribution >= 4 is 11.3 Å². The second-order valence-electron chi connectivity index (χ2n) is 3.29. The van der Waals surface area contributed by atoms with E-state index < -0.39 is 0 Å². The van der Waals surface area contributed by atoms with Gasteiger partial charge in [0, 0.05) is 11.4 Å². The first-order valence-corrected chi connectivity index (χ1v) is 5.49. The lowest BCUT2D eigenvalue weighted by Gasteiger charge is -1.98. The number of nitrogens with zero attached hydrogens (tertiary/aromatic N) is 3. The van der Waals surface area contributed by atoms with E-state index in [1.54, 1.807) is 17.7 Å². The van der Waals surface area contributed by atoms with Gasteiger partial charge in [-0.15, -0.1) is 21.5 Å². The van der Waals surface area contributed by atoms with Gasteiger partial charge >= 0.3 is 0 Å². The maximum absolute atomic E-state index is 4.14. The van der Waals surface area contributed by atoms with Gasteiger partial charge in [0.15, 0.2) is 5.82 Å². The molecule has 0 aliphatic carbocycles. The van der Waals surface area contributed by atoms with E-state index >= 15 is 0 Å². The Morgan fingerprint density at radius 3 is 2.79 bits per heavy atom. The lowest BCUT2D eigenvalue weighted by molar-refractivity contribution is 0.768. The summed E-state index contributed by atoms with van der Waals surface area (Å²) in [6.07, 6.45) is 1.78. The fraction of sp³-hybridized carbons (Fsp3) is 0.400. The Morgan fingerprint density at radius 2 is 2.21 bits per heavy atom. The number of rotatable bonds is 2. The van der Waals surface area contributed by atoms with E-state index in [-0.39, 0.29) is 0 Å². The Kier molecular flexibility index (Phi) is 2.37. The first-order chi connectivity index (χ1) is 6.72. The molecule has 2 aromatic rings. The van der Waals surface area contributed by atoms with Crippen LogP contribution in [0.1, 0.15) is 17.4 Å². The van der Waals surface area contributed by atoms with Crippen molar-refractivity contribution in [3.63, 3.8) is 0 Å². The van der Waals surface area contributed by atoms with Crippen LogP contribution in [0.4, 0.5) is 0 Å². The maximum Gasteiger partial charge on any atom is 0.173 e. The third-order valence-corrected chi connectivity index (χ3v) is 3.49. The molecule has 0 unspecified atom stereocenters. The molecule has 0 aliphatic heterocycles. The van der Waals surface area contributed by atoms with E-state index in [0.717, 1.165) is 12.4 Å². The van der Waals surface area contributed by atoms with Gasteiger partial charge in [-0.2, -0.15) is 0 Å². The number of aromatic nitrogens is 3. The fourth-order valence-corrected chi connectivity index (χ4v) is 2.40. The normalized spacial score (nSPS) is 10.8. The topological polar surface area (TPSA) is 30.7 Å². The van der Waals surface area contributed by atoms with Crippen molar-refractivity contribution in [1.82, 2.24) is 14.8 Å². The Morgan fingerprint density at radius 1 is 1.43 bits per heavy atom. The van der Waals surface area contributed by atoms with Crippen molar-refractivity contribution in [3.8, 4) is 10.7 Å². The number of hydrogen-bond donors (Lipinski definition) is 0. The van der Waals surface area contributed by atoms with E-state index in [1.807, 2.05) is 0 Å². The summed E-state index contributed by atoms with van der Waals surface area (Å²) in [5.74, 6) is 0.980. The minimum absolute atomic E-state index is 0.915. The molecule has 2 heterocycles. The van der Waals surface area contributed by atoms with Gasteiger partial charge in [0.05, 0.1) is 4.88 Å². The Balaban J connectivity index is 2.49. The van der Waals surface area contributed by atoms with Crippen LogP contribution in [0.3, 0.4) is 0 Å². The van der Waals surface area contributed by atoms with Crippen LogP contribution in [-0.2, 0) is 6.54 Å². The predicted octanol–water partition coefficient (Wildman–Crippen LogP) is 2.64. The summed E-state index contributed by atoms with van der Waals surface area (Å²) in [5, 5.41) is 8.06. The van der Waals surface area contributed by atoms with Gasteiger partial charge in [-0.05, 0) is 32.4 Å². The molecule has 3 nitrogen and oxygen atoms in total. The average molecular weight is 207 g/mol. The van der Waals surface area contributed by atoms with Crippen LogP contribution in [0.2, 0.25) is 0 Å². The van der Waals surface area contributed by atoms with Gasteiger partial charge in [-0.25, -0.2) is 0 Å². The molecule has 14 heavy (non-hydrogen) atoms. The molecule has 0 saturated heterocycles. The molecular weight excluding hydrogens is 194 g/mol. The zero-order valence-electron chi connectivity index (χ0n) is 8.61. The van der Waals surface area contributed by atoms with Crippen molar-refractivity contribution in [3.05, 3.63) is 22.8 Å². The minimum Gasteiger partial charge on any atom is -0.313 e.